The second-order valence-corrected chi connectivity index (χ2v) is 4.39. The van der Waals surface area contributed by atoms with Crippen molar-refractivity contribution in [2.45, 2.75) is 0 Å². The van der Waals surface area contributed by atoms with Crippen molar-refractivity contribution in [1.29, 1.82) is 0 Å². The second kappa shape index (κ2) is 5.25. The highest BCUT2D eigenvalue weighted by molar-refractivity contribution is 9.10. The van der Waals surface area contributed by atoms with E-state index in [9.17, 15) is 4.79 Å². The summed E-state index contributed by atoms with van der Waals surface area (Å²) in [6.07, 6.45) is 3.05. The van der Waals surface area contributed by atoms with Gasteiger partial charge in [-0.3, -0.25) is 4.79 Å². The first-order valence-corrected chi connectivity index (χ1v) is 5.87. The molecule has 0 aliphatic carbocycles. The third-order valence-corrected chi connectivity index (χ3v) is 2.63. The number of nitrogens with zero attached hydrogens (tertiary/aromatic N) is 2. The summed E-state index contributed by atoms with van der Waals surface area (Å²) in [4.78, 5) is 19.7. The summed E-state index contributed by atoms with van der Waals surface area (Å²) >= 11 is 8.85. The smallest absolute Gasteiger partial charge is 0.255 e. The fourth-order valence-corrected chi connectivity index (χ4v) is 1.67. The van der Waals surface area contributed by atoms with Crippen LogP contribution in [0.4, 0.5) is 5.69 Å². The van der Waals surface area contributed by atoms with Crippen molar-refractivity contribution < 1.29 is 4.79 Å². The number of rotatable bonds is 2. The minimum atomic E-state index is -0.225. The predicted molar refractivity (Wildman–Crippen MR) is 69.1 cm³/mol. The van der Waals surface area contributed by atoms with Gasteiger partial charge >= 0.3 is 0 Å². The van der Waals surface area contributed by atoms with Gasteiger partial charge in [0.2, 0.25) is 0 Å². The van der Waals surface area contributed by atoms with E-state index in [1.54, 1.807) is 30.5 Å². The first kappa shape index (κ1) is 12.0. The molecule has 0 aromatic carbocycles. The Bertz CT molecular complexity index is 545. The molecule has 0 unspecified atom stereocenters. The summed E-state index contributed by atoms with van der Waals surface area (Å²) in [7, 11) is 0. The average molecular weight is 313 g/mol. The molecule has 2 aromatic heterocycles. The van der Waals surface area contributed by atoms with Gasteiger partial charge in [0.05, 0.1) is 11.9 Å². The SMILES string of the molecule is O=C(Nc1ccc(Cl)nc1)c1ccnc(Br)c1. The van der Waals surface area contributed by atoms with Crippen LogP contribution in [0.1, 0.15) is 10.4 Å². The van der Waals surface area contributed by atoms with Gasteiger partial charge < -0.3 is 5.32 Å². The van der Waals surface area contributed by atoms with Gasteiger partial charge in [0, 0.05) is 11.8 Å². The molecule has 0 aliphatic rings. The van der Waals surface area contributed by atoms with Crippen LogP contribution in [0.15, 0.2) is 41.3 Å². The molecule has 0 saturated carbocycles. The van der Waals surface area contributed by atoms with Gasteiger partial charge in [-0.25, -0.2) is 9.97 Å². The van der Waals surface area contributed by atoms with Gasteiger partial charge in [-0.05, 0) is 40.2 Å². The zero-order chi connectivity index (χ0) is 12.3. The third kappa shape index (κ3) is 3.25. The number of halogens is 2. The van der Waals surface area contributed by atoms with E-state index in [1.165, 1.54) is 6.20 Å². The summed E-state index contributed by atoms with van der Waals surface area (Å²) in [5, 5.41) is 3.09. The largest absolute Gasteiger partial charge is 0.321 e. The lowest BCUT2D eigenvalue weighted by Gasteiger charge is -2.04. The summed E-state index contributed by atoms with van der Waals surface area (Å²) < 4.78 is 0.611. The second-order valence-electron chi connectivity index (χ2n) is 3.19. The number of carbonyl (C=O) groups excluding carboxylic acids is 1. The van der Waals surface area contributed by atoms with E-state index in [1.807, 2.05) is 0 Å². The Hall–Kier alpha value is -1.46. The Morgan fingerprint density at radius 2 is 2.12 bits per heavy atom. The van der Waals surface area contributed by atoms with Crippen LogP contribution in [0.25, 0.3) is 0 Å². The maximum absolute atomic E-state index is 11.8. The summed E-state index contributed by atoms with van der Waals surface area (Å²) in [6, 6.07) is 6.56. The first-order chi connectivity index (χ1) is 8.15. The fraction of sp³-hybridized carbons (Fsp3) is 0. The van der Waals surface area contributed by atoms with E-state index in [2.05, 4.69) is 31.2 Å². The fourth-order valence-electron chi connectivity index (χ4n) is 1.20. The number of carbonyl (C=O) groups is 1. The number of amides is 1. The van der Waals surface area contributed by atoms with Crippen LogP contribution in [0, 0.1) is 0 Å². The first-order valence-electron chi connectivity index (χ1n) is 4.69. The molecule has 86 valence electrons. The van der Waals surface area contributed by atoms with Crippen LogP contribution in [0.2, 0.25) is 5.15 Å². The Kier molecular flexibility index (Phi) is 3.71. The molecule has 0 atom stereocenters. The Morgan fingerprint density at radius 3 is 2.76 bits per heavy atom. The van der Waals surface area contributed by atoms with E-state index < -0.39 is 0 Å². The molecule has 1 amide bonds. The normalized spacial score (nSPS) is 10.0. The zero-order valence-corrected chi connectivity index (χ0v) is 10.9. The number of anilines is 1. The lowest BCUT2D eigenvalue weighted by atomic mass is 10.2. The van der Waals surface area contributed by atoms with Gasteiger partial charge in [0.1, 0.15) is 9.76 Å². The molecule has 1 N–H and O–H groups in total. The molecule has 4 nitrogen and oxygen atoms in total. The average Bonchev–Trinajstić information content (AvgIpc) is 2.32. The monoisotopic (exact) mass is 311 g/mol. The standard InChI is InChI=1S/C11H7BrClN3O/c12-9-5-7(3-4-14-9)11(17)16-8-1-2-10(13)15-6-8/h1-6H,(H,16,17). The number of aromatic nitrogens is 2. The molecular formula is C11H7BrClN3O. The molecule has 0 bridgehead atoms. The number of nitrogens with one attached hydrogen (secondary N) is 1. The van der Waals surface area contributed by atoms with Gasteiger partial charge in [-0.15, -0.1) is 0 Å². The number of hydrogen-bond donors (Lipinski definition) is 1. The maximum Gasteiger partial charge on any atom is 0.255 e. The van der Waals surface area contributed by atoms with Crippen LogP contribution in [0.3, 0.4) is 0 Å². The summed E-state index contributed by atoms with van der Waals surface area (Å²) in [5.74, 6) is -0.225. The van der Waals surface area contributed by atoms with Gasteiger partial charge in [0.25, 0.3) is 5.91 Å². The lowest BCUT2D eigenvalue weighted by Crippen LogP contribution is -2.12. The predicted octanol–water partition coefficient (Wildman–Crippen LogP) is 3.14. The van der Waals surface area contributed by atoms with Crippen LogP contribution >= 0.6 is 27.5 Å². The van der Waals surface area contributed by atoms with E-state index in [4.69, 9.17) is 11.6 Å². The molecule has 6 heteroatoms. The third-order valence-electron chi connectivity index (χ3n) is 1.97. The highest BCUT2D eigenvalue weighted by Crippen LogP contribution is 2.13. The van der Waals surface area contributed by atoms with E-state index >= 15 is 0 Å². The molecule has 2 rings (SSSR count). The van der Waals surface area contributed by atoms with Crippen LogP contribution in [0.5, 0.6) is 0 Å². The number of pyridine rings is 2. The van der Waals surface area contributed by atoms with Crippen molar-refractivity contribution >= 4 is 39.1 Å². The topological polar surface area (TPSA) is 54.9 Å². The number of hydrogen-bond acceptors (Lipinski definition) is 3. The van der Waals surface area contributed by atoms with Crippen molar-refractivity contribution in [2.75, 3.05) is 5.32 Å². The van der Waals surface area contributed by atoms with Crippen molar-refractivity contribution in [3.05, 3.63) is 52.0 Å². The molecule has 2 aromatic rings. The van der Waals surface area contributed by atoms with Gasteiger partial charge in [-0.2, -0.15) is 0 Å². The molecule has 2 heterocycles. The lowest BCUT2D eigenvalue weighted by molar-refractivity contribution is 0.102. The minimum Gasteiger partial charge on any atom is -0.321 e. The summed E-state index contributed by atoms with van der Waals surface area (Å²) in [5.41, 5.74) is 1.11. The van der Waals surface area contributed by atoms with Crippen molar-refractivity contribution in [3.63, 3.8) is 0 Å². The van der Waals surface area contributed by atoms with Crippen molar-refractivity contribution in [3.8, 4) is 0 Å². The van der Waals surface area contributed by atoms with Crippen LogP contribution in [-0.4, -0.2) is 15.9 Å². The molecular weight excluding hydrogens is 305 g/mol. The van der Waals surface area contributed by atoms with E-state index in [0.717, 1.165) is 0 Å². The van der Waals surface area contributed by atoms with Crippen LogP contribution in [-0.2, 0) is 0 Å². The Labute approximate surface area is 111 Å². The Morgan fingerprint density at radius 1 is 1.29 bits per heavy atom. The zero-order valence-electron chi connectivity index (χ0n) is 8.52. The highest BCUT2D eigenvalue weighted by Gasteiger charge is 2.06. The summed E-state index contributed by atoms with van der Waals surface area (Å²) in [6.45, 7) is 0. The molecule has 0 fully saturated rings. The van der Waals surface area contributed by atoms with Gasteiger partial charge in [0.15, 0.2) is 0 Å². The molecule has 0 saturated heterocycles. The van der Waals surface area contributed by atoms with E-state index in [0.29, 0.717) is 21.0 Å². The minimum absolute atomic E-state index is 0.225. The highest BCUT2D eigenvalue weighted by atomic mass is 79.9. The molecule has 0 aliphatic heterocycles. The van der Waals surface area contributed by atoms with E-state index in [-0.39, 0.29) is 5.91 Å². The quantitative estimate of drug-likeness (QED) is 0.867. The maximum atomic E-state index is 11.8. The molecule has 0 radical (unpaired) electrons. The van der Waals surface area contributed by atoms with Crippen LogP contribution < -0.4 is 5.32 Å². The molecule has 0 spiro atoms. The van der Waals surface area contributed by atoms with Crippen molar-refractivity contribution in [2.24, 2.45) is 0 Å². The Balaban J connectivity index is 2.14. The van der Waals surface area contributed by atoms with Gasteiger partial charge in [-0.1, -0.05) is 11.6 Å². The van der Waals surface area contributed by atoms with Crippen molar-refractivity contribution in [1.82, 2.24) is 9.97 Å². The molecule has 17 heavy (non-hydrogen) atoms.